The van der Waals surface area contributed by atoms with Gasteiger partial charge < -0.3 is 9.64 Å². The third-order valence-corrected chi connectivity index (χ3v) is 3.18. The molecule has 0 atom stereocenters. The minimum atomic E-state index is 0.00667. The summed E-state index contributed by atoms with van der Waals surface area (Å²) in [6.45, 7) is 4.41. The molecular formula is C15H19NO3. The maximum Gasteiger partial charge on any atom is 0.230 e. The zero-order valence-electron chi connectivity index (χ0n) is 11.6. The molecule has 0 bridgehead atoms. The van der Waals surface area contributed by atoms with Gasteiger partial charge in [-0.3, -0.25) is 9.59 Å². The predicted molar refractivity (Wildman–Crippen MR) is 73.7 cm³/mol. The lowest BCUT2D eigenvalue weighted by molar-refractivity contribution is -0.118. The van der Waals surface area contributed by atoms with Gasteiger partial charge in [0.25, 0.3) is 0 Å². The van der Waals surface area contributed by atoms with Crippen LogP contribution in [-0.2, 0) is 4.79 Å². The van der Waals surface area contributed by atoms with Crippen LogP contribution >= 0.6 is 0 Å². The van der Waals surface area contributed by atoms with E-state index in [9.17, 15) is 9.59 Å². The van der Waals surface area contributed by atoms with Gasteiger partial charge in [-0.25, -0.2) is 0 Å². The van der Waals surface area contributed by atoms with Crippen LogP contribution in [0, 0.1) is 5.92 Å². The fourth-order valence-corrected chi connectivity index (χ4v) is 2.11. The molecule has 102 valence electrons. The third kappa shape index (κ3) is 2.95. The Hall–Kier alpha value is -1.84. The summed E-state index contributed by atoms with van der Waals surface area (Å²) in [4.78, 5) is 25.4. The molecule has 2 rings (SSSR count). The normalized spacial score (nSPS) is 14.9. The molecule has 0 saturated heterocycles. The van der Waals surface area contributed by atoms with E-state index >= 15 is 0 Å². The number of carbonyl (C=O) groups is 2. The molecule has 4 heteroatoms. The highest BCUT2D eigenvalue weighted by atomic mass is 16.5. The number of rotatable bonds is 3. The monoisotopic (exact) mass is 261 g/mol. The lowest BCUT2D eigenvalue weighted by Gasteiger charge is -2.17. The number of anilines is 1. The van der Waals surface area contributed by atoms with Crippen LogP contribution in [0.25, 0.3) is 0 Å². The molecule has 0 aromatic heterocycles. The molecule has 1 aliphatic rings. The van der Waals surface area contributed by atoms with Crippen molar-refractivity contribution in [2.24, 2.45) is 5.92 Å². The van der Waals surface area contributed by atoms with Crippen LogP contribution in [0.3, 0.4) is 0 Å². The highest BCUT2D eigenvalue weighted by Crippen LogP contribution is 2.32. The van der Waals surface area contributed by atoms with Gasteiger partial charge in [-0.15, -0.1) is 0 Å². The smallest absolute Gasteiger partial charge is 0.230 e. The van der Waals surface area contributed by atoms with Crippen molar-refractivity contribution in [1.29, 1.82) is 0 Å². The molecule has 4 nitrogen and oxygen atoms in total. The van der Waals surface area contributed by atoms with E-state index in [4.69, 9.17) is 4.74 Å². The molecule has 0 unspecified atom stereocenters. The number of hydrogen-bond donors (Lipinski definition) is 0. The van der Waals surface area contributed by atoms with Crippen LogP contribution in [0.15, 0.2) is 18.2 Å². The fraction of sp³-hybridized carbons (Fsp3) is 0.467. The van der Waals surface area contributed by atoms with Gasteiger partial charge in [0.1, 0.15) is 5.75 Å². The second-order valence-electron chi connectivity index (χ2n) is 5.25. The summed E-state index contributed by atoms with van der Waals surface area (Å²) in [7, 11) is 1.71. The van der Waals surface area contributed by atoms with Gasteiger partial charge in [-0.2, -0.15) is 0 Å². The molecule has 0 aliphatic carbocycles. The maximum atomic E-state index is 12.1. The summed E-state index contributed by atoms with van der Waals surface area (Å²) in [5, 5.41) is 0. The van der Waals surface area contributed by atoms with Gasteiger partial charge >= 0.3 is 0 Å². The molecular weight excluding hydrogens is 242 g/mol. The van der Waals surface area contributed by atoms with Gasteiger partial charge in [-0.1, -0.05) is 13.8 Å². The van der Waals surface area contributed by atoms with E-state index < -0.39 is 0 Å². The summed E-state index contributed by atoms with van der Waals surface area (Å²) in [6, 6.07) is 5.30. The molecule has 1 aromatic rings. The van der Waals surface area contributed by atoms with Crippen molar-refractivity contribution in [3.05, 3.63) is 23.8 Å². The molecule has 1 aromatic carbocycles. The Morgan fingerprint density at radius 2 is 2.16 bits per heavy atom. The first-order chi connectivity index (χ1) is 8.99. The quantitative estimate of drug-likeness (QED) is 0.786. The summed E-state index contributed by atoms with van der Waals surface area (Å²) >= 11 is 0. The number of Topliss-reactive ketones (excluding diaryl/α,β-unsaturated/α-hetero) is 1. The molecule has 0 radical (unpaired) electrons. The molecule has 0 N–H and O–H groups in total. The lowest BCUT2D eigenvalue weighted by atomic mass is 10.0. The number of ketones is 1. The van der Waals surface area contributed by atoms with E-state index in [1.54, 1.807) is 30.1 Å². The van der Waals surface area contributed by atoms with Crippen LogP contribution in [-0.4, -0.2) is 25.3 Å². The second kappa shape index (κ2) is 5.43. The van der Waals surface area contributed by atoms with Gasteiger partial charge in [-0.05, 0) is 24.1 Å². The van der Waals surface area contributed by atoms with Crippen molar-refractivity contribution in [3.63, 3.8) is 0 Å². The highest BCUT2D eigenvalue weighted by Gasteiger charge is 2.21. The van der Waals surface area contributed by atoms with Crippen LogP contribution in [0.1, 0.15) is 37.0 Å². The number of ether oxygens (including phenoxy) is 1. The minimum Gasteiger partial charge on any atom is -0.491 e. The maximum absolute atomic E-state index is 12.1. The Kier molecular flexibility index (Phi) is 3.88. The number of nitrogens with zero attached hydrogens (tertiary/aromatic N) is 1. The SMILES string of the molecule is CC(C)CC(=O)c1ccc2c(c1)N(C)C(=O)CCO2. The van der Waals surface area contributed by atoms with Gasteiger partial charge in [0.05, 0.1) is 18.7 Å². The number of hydrogen-bond acceptors (Lipinski definition) is 3. The van der Waals surface area contributed by atoms with Crippen LogP contribution in [0.5, 0.6) is 5.75 Å². The molecule has 0 fully saturated rings. The molecule has 0 saturated carbocycles. The summed E-state index contributed by atoms with van der Waals surface area (Å²) < 4.78 is 5.53. The lowest BCUT2D eigenvalue weighted by Crippen LogP contribution is -2.25. The highest BCUT2D eigenvalue weighted by molar-refractivity contribution is 6.00. The largest absolute Gasteiger partial charge is 0.491 e. The Morgan fingerprint density at radius 3 is 2.84 bits per heavy atom. The first-order valence-electron chi connectivity index (χ1n) is 6.55. The Balaban J connectivity index is 2.34. The zero-order valence-corrected chi connectivity index (χ0v) is 11.6. The van der Waals surface area contributed by atoms with Crippen molar-refractivity contribution >= 4 is 17.4 Å². The summed E-state index contributed by atoms with van der Waals surface area (Å²) in [6.07, 6.45) is 0.873. The number of benzene rings is 1. The van der Waals surface area contributed by atoms with Crippen LogP contribution < -0.4 is 9.64 Å². The van der Waals surface area contributed by atoms with Crippen molar-refractivity contribution < 1.29 is 14.3 Å². The van der Waals surface area contributed by atoms with Gasteiger partial charge in [0, 0.05) is 19.0 Å². The average Bonchev–Trinajstić information content (AvgIpc) is 2.49. The third-order valence-electron chi connectivity index (χ3n) is 3.18. The Bertz CT molecular complexity index is 508. The van der Waals surface area contributed by atoms with Gasteiger partial charge in [0.2, 0.25) is 5.91 Å². The first-order valence-corrected chi connectivity index (χ1v) is 6.55. The Labute approximate surface area is 113 Å². The van der Waals surface area contributed by atoms with Crippen molar-refractivity contribution in [3.8, 4) is 5.75 Å². The predicted octanol–water partition coefficient (Wildman–Crippen LogP) is 2.66. The molecule has 0 spiro atoms. The average molecular weight is 261 g/mol. The first kappa shape index (κ1) is 13.6. The molecule has 1 heterocycles. The summed E-state index contributed by atoms with van der Waals surface area (Å²) in [5.41, 5.74) is 1.31. The zero-order chi connectivity index (χ0) is 14.0. The Morgan fingerprint density at radius 1 is 1.42 bits per heavy atom. The van der Waals surface area contributed by atoms with Crippen molar-refractivity contribution in [2.45, 2.75) is 26.7 Å². The van der Waals surface area contributed by atoms with Crippen LogP contribution in [0.2, 0.25) is 0 Å². The van der Waals surface area contributed by atoms with E-state index in [1.807, 2.05) is 13.8 Å². The summed E-state index contributed by atoms with van der Waals surface area (Å²) in [5.74, 6) is 1.09. The number of carbonyl (C=O) groups excluding carboxylic acids is 2. The van der Waals surface area contributed by atoms with Crippen LogP contribution in [0.4, 0.5) is 5.69 Å². The topological polar surface area (TPSA) is 46.6 Å². The van der Waals surface area contributed by atoms with Crippen molar-refractivity contribution in [1.82, 2.24) is 0 Å². The van der Waals surface area contributed by atoms with E-state index in [2.05, 4.69) is 0 Å². The van der Waals surface area contributed by atoms with E-state index in [0.29, 0.717) is 42.4 Å². The standard InChI is InChI=1S/C15H19NO3/c1-10(2)8-13(17)11-4-5-14-12(9-11)16(3)15(18)6-7-19-14/h4-5,9-10H,6-8H2,1-3H3. The van der Waals surface area contributed by atoms with E-state index in [-0.39, 0.29) is 11.7 Å². The number of amides is 1. The molecule has 1 amide bonds. The minimum absolute atomic E-state index is 0.00667. The van der Waals surface area contributed by atoms with Gasteiger partial charge in [0.15, 0.2) is 5.78 Å². The van der Waals surface area contributed by atoms with Crippen molar-refractivity contribution in [2.75, 3.05) is 18.6 Å². The molecule has 1 aliphatic heterocycles. The molecule has 19 heavy (non-hydrogen) atoms. The number of fused-ring (bicyclic) bond motifs is 1. The van der Waals surface area contributed by atoms with E-state index in [0.717, 1.165) is 0 Å². The fourth-order valence-electron chi connectivity index (χ4n) is 2.11. The van der Waals surface area contributed by atoms with E-state index in [1.165, 1.54) is 0 Å². The second-order valence-corrected chi connectivity index (χ2v) is 5.25.